The largest absolute Gasteiger partial charge is 0.496 e. The Hall–Kier alpha value is -1.31. The van der Waals surface area contributed by atoms with Gasteiger partial charge in [-0.2, -0.15) is 0 Å². The van der Waals surface area contributed by atoms with Gasteiger partial charge in [-0.3, -0.25) is 4.79 Å². The van der Waals surface area contributed by atoms with Gasteiger partial charge in [-0.25, -0.2) is 0 Å². The second-order valence-electron chi connectivity index (χ2n) is 3.20. The highest BCUT2D eigenvalue weighted by atomic mass is 16.5. The van der Waals surface area contributed by atoms with Crippen molar-refractivity contribution in [3.8, 4) is 5.75 Å². The van der Waals surface area contributed by atoms with E-state index in [-0.39, 0.29) is 0 Å². The highest BCUT2D eigenvalue weighted by Gasteiger charge is 2.09. The number of hydrogen-bond donors (Lipinski definition) is 0. The van der Waals surface area contributed by atoms with Crippen molar-refractivity contribution in [3.05, 3.63) is 28.3 Å². The molecule has 0 aromatic heterocycles. The second kappa shape index (κ2) is 3.60. The Morgan fingerprint density at radius 3 is 2.31 bits per heavy atom. The minimum atomic E-state index is 0.738. The van der Waals surface area contributed by atoms with Crippen molar-refractivity contribution >= 4 is 6.29 Å². The smallest absolute Gasteiger partial charge is 0.150 e. The summed E-state index contributed by atoms with van der Waals surface area (Å²) in [6, 6.07) is 1.97. The van der Waals surface area contributed by atoms with Crippen LogP contribution in [0.2, 0.25) is 0 Å². The number of methoxy groups -OCH3 is 1. The molecule has 0 bridgehead atoms. The lowest BCUT2D eigenvalue weighted by molar-refractivity contribution is 0.112. The number of aryl methyl sites for hydroxylation is 2. The van der Waals surface area contributed by atoms with E-state index in [2.05, 4.69) is 0 Å². The van der Waals surface area contributed by atoms with E-state index in [1.807, 2.05) is 26.8 Å². The van der Waals surface area contributed by atoms with E-state index in [4.69, 9.17) is 4.74 Å². The molecular weight excluding hydrogens is 164 g/mol. The first-order valence-corrected chi connectivity index (χ1v) is 4.21. The van der Waals surface area contributed by atoms with Crippen molar-refractivity contribution in [2.24, 2.45) is 0 Å². The van der Waals surface area contributed by atoms with Gasteiger partial charge >= 0.3 is 0 Å². The summed E-state index contributed by atoms with van der Waals surface area (Å²) < 4.78 is 5.21. The summed E-state index contributed by atoms with van der Waals surface area (Å²) in [6.07, 6.45) is 0.882. The first-order valence-electron chi connectivity index (χ1n) is 4.21. The Labute approximate surface area is 78.5 Å². The maximum Gasteiger partial charge on any atom is 0.150 e. The molecule has 0 saturated carbocycles. The van der Waals surface area contributed by atoms with Gasteiger partial charge in [0.1, 0.15) is 5.75 Å². The molecule has 13 heavy (non-hydrogen) atoms. The van der Waals surface area contributed by atoms with Crippen LogP contribution in [-0.4, -0.2) is 13.4 Å². The van der Waals surface area contributed by atoms with Crippen LogP contribution < -0.4 is 4.74 Å². The van der Waals surface area contributed by atoms with Crippen LogP contribution in [0.15, 0.2) is 6.07 Å². The molecule has 2 heteroatoms. The van der Waals surface area contributed by atoms with E-state index in [1.54, 1.807) is 7.11 Å². The second-order valence-corrected chi connectivity index (χ2v) is 3.20. The topological polar surface area (TPSA) is 26.3 Å². The molecule has 1 aromatic carbocycles. The molecule has 0 saturated heterocycles. The number of benzene rings is 1. The average Bonchev–Trinajstić information content (AvgIpc) is 2.04. The highest BCUT2D eigenvalue weighted by molar-refractivity contribution is 5.81. The van der Waals surface area contributed by atoms with E-state index >= 15 is 0 Å². The van der Waals surface area contributed by atoms with Gasteiger partial charge < -0.3 is 4.74 Å². The summed E-state index contributed by atoms with van der Waals surface area (Å²) in [7, 11) is 1.62. The fourth-order valence-corrected chi connectivity index (χ4v) is 1.68. The molecule has 0 spiro atoms. The van der Waals surface area contributed by atoms with Crippen molar-refractivity contribution in [3.63, 3.8) is 0 Å². The molecular formula is C11H14O2. The van der Waals surface area contributed by atoms with Crippen LogP contribution in [0.25, 0.3) is 0 Å². The normalized spacial score (nSPS) is 9.85. The molecule has 0 radical (unpaired) electrons. The van der Waals surface area contributed by atoms with Gasteiger partial charge in [0.05, 0.1) is 7.11 Å². The fourth-order valence-electron chi connectivity index (χ4n) is 1.68. The molecule has 1 aromatic rings. The number of rotatable bonds is 2. The highest BCUT2D eigenvalue weighted by Crippen LogP contribution is 2.27. The van der Waals surface area contributed by atoms with Crippen molar-refractivity contribution in [1.82, 2.24) is 0 Å². The molecule has 0 amide bonds. The Balaban J connectivity index is 3.47. The van der Waals surface area contributed by atoms with Gasteiger partial charge in [-0.15, -0.1) is 0 Å². The molecule has 1 rings (SSSR count). The fraction of sp³-hybridized carbons (Fsp3) is 0.364. The van der Waals surface area contributed by atoms with Crippen molar-refractivity contribution < 1.29 is 9.53 Å². The van der Waals surface area contributed by atoms with Crippen LogP contribution in [0.3, 0.4) is 0 Å². The zero-order valence-electron chi connectivity index (χ0n) is 8.47. The van der Waals surface area contributed by atoms with E-state index in [9.17, 15) is 4.79 Å². The number of carbonyl (C=O) groups excluding carboxylic acids is 1. The maximum absolute atomic E-state index is 10.8. The maximum atomic E-state index is 10.8. The number of hydrogen-bond acceptors (Lipinski definition) is 2. The van der Waals surface area contributed by atoms with Gasteiger partial charge in [-0.1, -0.05) is 6.07 Å². The molecule has 0 N–H and O–H groups in total. The van der Waals surface area contributed by atoms with Gasteiger partial charge in [0.2, 0.25) is 0 Å². The third-order valence-electron chi connectivity index (χ3n) is 2.28. The monoisotopic (exact) mass is 178 g/mol. The Bertz CT molecular complexity index is 340. The average molecular weight is 178 g/mol. The third kappa shape index (κ3) is 1.57. The predicted molar refractivity (Wildman–Crippen MR) is 52.6 cm³/mol. The Morgan fingerprint density at radius 2 is 1.85 bits per heavy atom. The molecule has 2 nitrogen and oxygen atoms in total. The van der Waals surface area contributed by atoms with Crippen LogP contribution in [0.5, 0.6) is 5.75 Å². The van der Waals surface area contributed by atoms with Crippen LogP contribution >= 0.6 is 0 Å². The van der Waals surface area contributed by atoms with Crippen LogP contribution in [-0.2, 0) is 0 Å². The molecule has 0 atom stereocenters. The zero-order valence-corrected chi connectivity index (χ0v) is 8.47. The standard InChI is InChI=1S/C11H14O2/c1-7-5-8(2)11(13-4)9(3)10(7)6-12/h5-6H,1-4H3. The first kappa shape index (κ1) is 9.78. The molecule has 0 unspecified atom stereocenters. The van der Waals surface area contributed by atoms with E-state index < -0.39 is 0 Å². The Morgan fingerprint density at radius 1 is 1.23 bits per heavy atom. The van der Waals surface area contributed by atoms with E-state index in [0.29, 0.717) is 0 Å². The zero-order chi connectivity index (χ0) is 10.0. The Kier molecular flexibility index (Phi) is 2.71. The van der Waals surface area contributed by atoms with Gasteiger partial charge in [0.25, 0.3) is 0 Å². The summed E-state index contributed by atoms with van der Waals surface area (Å²) in [4.78, 5) is 10.8. The van der Waals surface area contributed by atoms with Crippen molar-refractivity contribution in [1.29, 1.82) is 0 Å². The van der Waals surface area contributed by atoms with Gasteiger partial charge in [0.15, 0.2) is 6.29 Å². The van der Waals surface area contributed by atoms with Crippen LogP contribution in [0.4, 0.5) is 0 Å². The van der Waals surface area contributed by atoms with Crippen LogP contribution in [0, 0.1) is 20.8 Å². The lowest BCUT2D eigenvalue weighted by Crippen LogP contribution is -1.98. The molecule has 0 fully saturated rings. The van der Waals surface area contributed by atoms with Gasteiger partial charge in [0, 0.05) is 11.1 Å². The van der Waals surface area contributed by atoms with Crippen molar-refractivity contribution in [2.45, 2.75) is 20.8 Å². The SMILES string of the molecule is COc1c(C)cc(C)c(C=O)c1C. The van der Waals surface area contributed by atoms with Crippen molar-refractivity contribution in [2.75, 3.05) is 7.11 Å². The van der Waals surface area contributed by atoms with E-state index in [1.165, 1.54) is 0 Å². The van der Waals surface area contributed by atoms with Crippen LogP contribution in [0.1, 0.15) is 27.0 Å². The molecule has 0 aliphatic rings. The number of aldehydes is 1. The van der Waals surface area contributed by atoms with E-state index in [0.717, 1.165) is 34.3 Å². The summed E-state index contributed by atoms with van der Waals surface area (Å²) in [5.74, 6) is 0.813. The minimum Gasteiger partial charge on any atom is -0.496 e. The lowest BCUT2D eigenvalue weighted by Gasteiger charge is -2.12. The summed E-state index contributed by atoms with van der Waals surface area (Å²) in [5.41, 5.74) is 3.74. The molecule has 0 heterocycles. The molecule has 0 aliphatic heterocycles. The molecule has 70 valence electrons. The first-order chi connectivity index (χ1) is 6.11. The minimum absolute atomic E-state index is 0.738. The van der Waals surface area contributed by atoms with Gasteiger partial charge in [-0.05, 0) is 31.9 Å². The predicted octanol–water partition coefficient (Wildman–Crippen LogP) is 2.43. The summed E-state index contributed by atoms with van der Waals surface area (Å²) in [6.45, 7) is 5.82. The number of carbonyl (C=O) groups is 1. The summed E-state index contributed by atoms with van der Waals surface area (Å²) >= 11 is 0. The number of ether oxygens (including phenoxy) is 1. The quantitative estimate of drug-likeness (QED) is 0.650. The molecule has 0 aliphatic carbocycles. The lowest BCUT2D eigenvalue weighted by atomic mass is 9.99. The third-order valence-corrected chi connectivity index (χ3v) is 2.28. The summed E-state index contributed by atoms with van der Waals surface area (Å²) in [5, 5.41) is 0.